The second-order valence-electron chi connectivity index (χ2n) is 16.1. The lowest BCUT2D eigenvalue weighted by molar-refractivity contribution is -0.123. The van der Waals surface area contributed by atoms with Crippen molar-refractivity contribution >= 4 is 50.9 Å². The number of carbonyl (C=O) groups is 1. The van der Waals surface area contributed by atoms with Crippen molar-refractivity contribution in [3.63, 3.8) is 0 Å². The molecule has 0 radical (unpaired) electrons. The molecule has 0 bridgehead atoms. The summed E-state index contributed by atoms with van der Waals surface area (Å²) in [5, 5.41) is 34.9. The molecule has 4 atom stereocenters. The molecule has 1 aliphatic rings. The van der Waals surface area contributed by atoms with E-state index in [2.05, 4.69) is 25.3 Å². The first-order chi connectivity index (χ1) is 30.4. The maximum absolute atomic E-state index is 13.8. The largest absolute Gasteiger partial charge is 0.481 e. The number of hydrogen-bond acceptors (Lipinski definition) is 11. The Morgan fingerprint density at radius 3 is 2.33 bits per heavy atom. The molecular formula is C45H44Cl2F3N9O5. The van der Waals surface area contributed by atoms with E-state index in [9.17, 15) is 28.2 Å². The van der Waals surface area contributed by atoms with Gasteiger partial charge in [0.05, 0.1) is 58.6 Å². The van der Waals surface area contributed by atoms with Crippen LogP contribution in [0.3, 0.4) is 0 Å². The highest BCUT2D eigenvalue weighted by Crippen LogP contribution is 2.48. The number of pyridine rings is 3. The smallest absolute Gasteiger partial charge is 0.405 e. The van der Waals surface area contributed by atoms with E-state index in [0.717, 1.165) is 17.9 Å². The van der Waals surface area contributed by atoms with Crippen molar-refractivity contribution < 1.29 is 37.7 Å². The number of methoxy groups -OCH3 is 1. The van der Waals surface area contributed by atoms with Gasteiger partial charge in [-0.25, -0.2) is 19.6 Å². The van der Waals surface area contributed by atoms with Crippen LogP contribution in [0.1, 0.15) is 92.5 Å². The molecule has 1 saturated carbocycles. The molecule has 7 aromatic rings. The molecule has 19 heteroatoms. The van der Waals surface area contributed by atoms with Gasteiger partial charge in [0.1, 0.15) is 24.0 Å². The number of amides is 1. The van der Waals surface area contributed by atoms with Gasteiger partial charge < -0.3 is 29.6 Å². The predicted molar refractivity (Wildman–Crippen MR) is 233 cm³/mol. The fourth-order valence-electron chi connectivity index (χ4n) is 8.76. The molecule has 0 aliphatic heterocycles. The van der Waals surface area contributed by atoms with Crippen LogP contribution < -0.4 is 14.8 Å². The van der Waals surface area contributed by atoms with Gasteiger partial charge >= 0.3 is 6.18 Å². The van der Waals surface area contributed by atoms with Crippen molar-refractivity contribution in [3.05, 3.63) is 127 Å². The summed E-state index contributed by atoms with van der Waals surface area (Å²) in [7, 11) is 4.95. The number of fused-ring (bicyclic) bond motifs is 2. The summed E-state index contributed by atoms with van der Waals surface area (Å²) < 4.78 is 55.8. The summed E-state index contributed by atoms with van der Waals surface area (Å²) in [4.78, 5) is 32.1. The lowest BCUT2D eigenvalue weighted by Gasteiger charge is -2.30. The van der Waals surface area contributed by atoms with Crippen LogP contribution >= 0.6 is 23.2 Å². The molecule has 64 heavy (non-hydrogen) atoms. The lowest BCUT2D eigenvalue weighted by atomic mass is 9.82. The first-order valence-corrected chi connectivity index (χ1v) is 21.1. The summed E-state index contributed by atoms with van der Waals surface area (Å²) in [6.07, 6.45) is -0.571. The number of carbonyl (C=O) groups excluding carboxylic acids is 1. The van der Waals surface area contributed by atoms with E-state index in [1.54, 1.807) is 62.6 Å². The number of aryl methyl sites for hydroxylation is 4. The third-order valence-corrected chi connectivity index (χ3v) is 12.9. The van der Waals surface area contributed by atoms with Crippen LogP contribution in [0.15, 0.2) is 60.9 Å². The van der Waals surface area contributed by atoms with E-state index in [-0.39, 0.29) is 51.5 Å². The fraction of sp³-hybridized carbons (Fsp3) is 0.356. The normalized spacial score (nSPS) is 16.9. The molecule has 8 rings (SSSR count). The number of aromatic nitrogens is 8. The fourth-order valence-corrected chi connectivity index (χ4v) is 9.45. The van der Waals surface area contributed by atoms with Crippen LogP contribution in [-0.4, -0.2) is 82.1 Å². The molecule has 2 aromatic carbocycles. The first-order valence-electron chi connectivity index (χ1n) is 20.4. The summed E-state index contributed by atoms with van der Waals surface area (Å²) in [6.45, 7) is 3.76. The van der Waals surface area contributed by atoms with Crippen LogP contribution in [0.4, 0.5) is 13.2 Å². The molecule has 334 valence electrons. The van der Waals surface area contributed by atoms with Gasteiger partial charge in [-0.3, -0.25) is 9.78 Å². The minimum absolute atomic E-state index is 0.0276. The number of ether oxygens (including phenoxy) is 2. The Bertz CT molecular complexity index is 2940. The first kappa shape index (κ1) is 44.7. The van der Waals surface area contributed by atoms with Crippen molar-refractivity contribution in [1.29, 1.82) is 0 Å². The second-order valence-corrected chi connectivity index (χ2v) is 16.9. The summed E-state index contributed by atoms with van der Waals surface area (Å²) in [5.74, 6) is -0.873. The molecule has 0 spiro atoms. The zero-order chi connectivity index (χ0) is 45.8. The van der Waals surface area contributed by atoms with Crippen molar-refractivity contribution in [1.82, 2.24) is 44.8 Å². The zero-order valence-electron chi connectivity index (χ0n) is 35.6. The highest BCUT2D eigenvalue weighted by Gasteiger charge is 2.40. The Hall–Kier alpha value is -5.88. The minimum Gasteiger partial charge on any atom is -0.481 e. The molecule has 1 amide bonds. The maximum atomic E-state index is 13.8. The zero-order valence-corrected chi connectivity index (χ0v) is 37.1. The van der Waals surface area contributed by atoms with E-state index in [4.69, 9.17) is 37.7 Å². The van der Waals surface area contributed by atoms with E-state index < -0.39 is 35.9 Å². The van der Waals surface area contributed by atoms with Gasteiger partial charge in [-0.05, 0) is 81.0 Å². The second kappa shape index (κ2) is 17.3. The van der Waals surface area contributed by atoms with Crippen LogP contribution in [-0.2, 0) is 19.7 Å². The third-order valence-electron chi connectivity index (χ3n) is 12.1. The maximum Gasteiger partial charge on any atom is 0.405 e. The molecule has 0 saturated heterocycles. The van der Waals surface area contributed by atoms with Crippen LogP contribution in [0, 0.1) is 26.7 Å². The SMILES string of the molecule is COc1nc2ccc(C(O)c3cnc(C)n3C)cc2c(Cl)c1C1CCCC1COc1nc2ccc(C(O)(c3ccc(C)nc3C)c3cnnn3C)cc2c(Cl)c1C(=O)NCC(F)(F)F. The summed E-state index contributed by atoms with van der Waals surface area (Å²) >= 11 is 14.3. The quantitative estimate of drug-likeness (QED) is 0.109. The molecule has 3 N–H and O–H groups in total. The van der Waals surface area contributed by atoms with Gasteiger partial charge in [-0.2, -0.15) is 13.2 Å². The van der Waals surface area contributed by atoms with Gasteiger partial charge in [0, 0.05) is 53.3 Å². The van der Waals surface area contributed by atoms with Gasteiger partial charge in [-0.15, -0.1) is 5.10 Å². The Morgan fingerprint density at radius 1 is 0.953 bits per heavy atom. The highest BCUT2D eigenvalue weighted by molar-refractivity contribution is 6.39. The number of imidazole rings is 1. The standard InChI is InChI=1S/C45H44Cl2F3N9O5/c1-22-10-13-31(23(2)54-22)45(62,35-19-53-57-59(35)5)27-12-15-33-30(17-27)39(47)37(41(61)52-21-44(48,49)50)43(56-33)64-20-26-8-7-9-28(26)36-38(46)29-16-25(11-14-32(29)55-42(36)63-6)40(60)34-18-51-24(3)58(34)4/h10-19,26,28,40,60,62H,7-9,20-21H2,1-6H3,(H,52,61). The molecular weight excluding hydrogens is 874 g/mol. The van der Waals surface area contributed by atoms with Crippen LogP contribution in [0.2, 0.25) is 10.0 Å². The number of alkyl halides is 3. The van der Waals surface area contributed by atoms with Crippen LogP contribution in [0.25, 0.3) is 21.8 Å². The molecule has 5 heterocycles. The monoisotopic (exact) mass is 917 g/mol. The Labute approximate surface area is 375 Å². The number of halogens is 5. The Balaban J connectivity index is 1.17. The number of rotatable bonds is 12. The summed E-state index contributed by atoms with van der Waals surface area (Å²) in [6, 6.07) is 13.6. The van der Waals surface area contributed by atoms with Gasteiger partial charge in [-0.1, -0.05) is 53.0 Å². The average molecular weight is 919 g/mol. The number of nitrogens with one attached hydrogen (secondary N) is 1. The number of aliphatic hydroxyl groups is 2. The number of benzene rings is 2. The van der Waals surface area contributed by atoms with Crippen molar-refractivity contribution in [2.24, 2.45) is 20.0 Å². The predicted octanol–water partition coefficient (Wildman–Crippen LogP) is 7.90. The van der Waals surface area contributed by atoms with Crippen molar-refractivity contribution in [2.45, 2.75) is 63.8 Å². The molecule has 5 aromatic heterocycles. The van der Waals surface area contributed by atoms with Gasteiger partial charge in [0.15, 0.2) is 5.60 Å². The lowest BCUT2D eigenvalue weighted by Crippen LogP contribution is -2.34. The number of hydrogen-bond donors (Lipinski definition) is 3. The van der Waals surface area contributed by atoms with Crippen molar-refractivity contribution in [2.75, 3.05) is 20.3 Å². The summed E-state index contributed by atoms with van der Waals surface area (Å²) in [5.41, 5.74) is 2.54. The highest BCUT2D eigenvalue weighted by atomic mass is 35.5. The number of nitrogens with zero attached hydrogens (tertiary/aromatic N) is 8. The Morgan fingerprint density at radius 2 is 1.67 bits per heavy atom. The van der Waals surface area contributed by atoms with Crippen LogP contribution in [0.5, 0.6) is 11.8 Å². The van der Waals surface area contributed by atoms with E-state index >= 15 is 0 Å². The topological polar surface area (TPSA) is 175 Å². The molecule has 1 aliphatic carbocycles. The average Bonchev–Trinajstić information content (AvgIpc) is 4.00. The third kappa shape index (κ3) is 8.10. The van der Waals surface area contributed by atoms with E-state index in [0.29, 0.717) is 62.7 Å². The van der Waals surface area contributed by atoms with E-state index in [1.807, 2.05) is 30.8 Å². The molecule has 1 fully saturated rings. The molecule has 14 nitrogen and oxygen atoms in total. The number of aliphatic hydroxyl groups excluding tert-OH is 1. The van der Waals surface area contributed by atoms with Crippen molar-refractivity contribution in [3.8, 4) is 11.8 Å². The molecule has 4 unspecified atom stereocenters. The van der Waals surface area contributed by atoms with Gasteiger partial charge in [0.2, 0.25) is 11.8 Å². The Kier molecular flexibility index (Phi) is 12.1. The minimum atomic E-state index is -4.73. The van der Waals surface area contributed by atoms with E-state index in [1.165, 1.54) is 24.1 Å². The van der Waals surface area contributed by atoms with Gasteiger partial charge in [0.25, 0.3) is 5.91 Å².